The van der Waals surface area contributed by atoms with Crippen LogP contribution in [0, 0.1) is 0 Å². The van der Waals surface area contributed by atoms with Crippen LogP contribution in [0.15, 0.2) is 143 Å². The fourth-order valence-corrected chi connectivity index (χ4v) is 7.10. The van der Waals surface area contributed by atoms with E-state index in [-0.39, 0.29) is 0 Å². The molecule has 6 aromatic carbocycles. The molecule has 0 aliphatic carbocycles. The van der Waals surface area contributed by atoms with Gasteiger partial charge in [-0.15, -0.1) is 0 Å². The minimum atomic E-state index is 0.773. The minimum absolute atomic E-state index is 0.773. The summed E-state index contributed by atoms with van der Waals surface area (Å²) in [5.41, 5.74) is 8.37. The Labute approximate surface area is 250 Å². The predicted octanol–water partition coefficient (Wildman–Crippen LogP) is 11.1. The third kappa shape index (κ3) is 3.11. The molecule has 0 spiro atoms. The molecule has 4 heteroatoms. The summed E-state index contributed by atoms with van der Waals surface area (Å²) in [6.07, 6.45) is 3.72. The van der Waals surface area contributed by atoms with Crippen molar-refractivity contribution in [3.63, 3.8) is 0 Å². The van der Waals surface area contributed by atoms with Gasteiger partial charge in [-0.05, 0) is 69.1 Å². The van der Waals surface area contributed by atoms with Crippen molar-refractivity contribution in [2.24, 2.45) is 0 Å². The highest BCUT2D eigenvalue weighted by atomic mass is 16.3. The van der Waals surface area contributed by atoms with Crippen LogP contribution in [0.25, 0.3) is 98.7 Å². The monoisotopic (exact) mass is 562 g/mol. The van der Waals surface area contributed by atoms with Gasteiger partial charge in [-0.25, -0.2) is 4.98 Å². The number of hydrogen-bond acceptors (Lipinski definition) is 4. The maximum Gasteiger partial charge on any atom is 0.161 e. The molecule has 0 aliphatic heterocycles. The fraction of sp³-hybridized carbons (Fsp3) is 0. The van der Waals surface area contributed by atoms with Crippen LogP contribution in [-0.4, -0.2) is 9.97 Å². The quantitative estimate of drug-likeness (QED) is 0.197. The molecule has 4 heterocycles. The van der Waals surface area contributed by atoms with Gasteiger partial charge in [-0.3, -0.25) is 4.98 Å². The van der Waals surface area contributed by atoms with Crippen LogP contribution in [0.5, 0.6) is 0 Å². The lowest BCUT2D eigenvalue weighted by atomic mass is 9.86. The largest absolute Gasteiger partial charge is 0.455 e. The van der Waals surface area contributed by atoms with Gasteiger partial charge in [0.05, 0.1) is 11.1 Å². The van der Waals surface area contributed by atoms with Crippen LogP contribution in [0.2, 0.25) is 0 Å². The Bertz CT molecular complexity index is 2720. The number of furan rings is 2. The number of benzene rings is 6. The number of para-hydroxylation sites is 2. The molecule has 0 saturated heterocycles. The molecule has 0 amide bonds. The van der Waals surface area contributed by atoms with Gasteiger partial charge in [0.2, 0.25) is 0 Å². The number of pyridine rings is 2. The first-order chi connectivity index (χ1) is 21.8. The Morgan fingerprint density at radius 1 is 0.409 bits per heavy atom. The smallest absolute Gasteiger partial charge is 0.161 e. The summed E-state index contributed by atoms with van der Waals surface area (Å²) in [7, 11) is 0. The normalized spacial score (nSPS) is 12.1. The van der Waals surface area contributed by atoms with Crippen LogP contribution in [-0.2, 0) is 0 Å². The summed E-state index contributed by atoms with van der Waals surface area (Å²) in [4.78, 5) is 9.85. The average Bonchev–Trinajstić information content (AvgIpc) is 3.67. The van der Waals surface area contributed by atoms with Crippen LogP contribution >= 0.6 is 0 Å². The zero-order chi connectivity index (χ0) is 28.8. The molecule has 0 fully saturated rings. The Morgan fingerprint density at radius 2 is 0.932 bits per heavy atom. The number of fused-ring (bicyclic) bond motifs is 11. The van der Waals surface area contributed by atoms with E-state index in [4.69, 9.17) is 13.8 Å². The second kappa shape index (κ2) is 8.76. The highest BCUT2D eigenvalue weighted by molar-refractivity contribution is 6.29. The van der Waals surface area contributed by atoms with Crippen molar-refractivity contribution < 1.29 is 8.83 Å². The molecule has 0 aliphatic rings. The molecule has 0 radical (unpaired) electrons. The molecular formula is C40H22N2O2. The molecule has 0 N–H and O–H groups in total. The van der Waals surface area contributed by atoms with E-state index in [1.807, 2.05) is 42.7 Å². The SMILES string of the molecule is c1ccc2c(c1)oc1c2ccc2c1nc(-c1c3ccccc3c(-c3ccncc3)c3ccccc13)c1c3ccccc3oc21. The lowest BCUT2D eigenvalue weighted by Crippen LogP contribution is -1.94. The van der Waals surface area contributed by atoms with Crippen molar-refractivity contribution in [1.29, 1.82) is 0 Å². The molecule has 0 unspecified atom stereocenters. The molecule has 0 saturated carbocycles. The number of nitrogens with zero attached hydrogens (tertiary/aromatic N) is 2. The zero-order valence-electron chi connectivity index (χ0n) is 23.4. The van der Waals surface area contributed by atoms with Gasteiger partial charge < -0.3 is 8.83 Å². The number of rotatable bonds is 2. The fourth-order valence-electron chi connectivity index (χ4n) is 7.10. The first-order valence-electron chi connectivity index (χ1n) is 14.7. The Morgan fingerprint density at radius 3 is 1.61 bits per heavy atom. The van der Waals surface area contributed by atoms with Crippen LogP contribution in [0.4, 0.5) is 0 Å². The van der Waals surface area contributed by atoms with Gasteiger partial charge in [-0.2, -0.15) is 0 Å². The molecule has 0 bridgehead atoms. The maximum atomic E-state index is 6.68. The third-order valence-electron chi connectivity index (χ3n) is 8.96. The van der Waals surface area contributed by atoms with Crippen LogP contribution in [0.3, 0.4) is 0 Å². The summed E-state index contributed by atoms with van der Waals surface area (Å²) >= 11 is 0. The Kier molecular flexibility index (Phi) is 4.69. The van der Waals surface area contributed by atoms with Gasteiger partial charge >= 0.3 is 0 Å². The number of aromatic nitrogens is 2. The molecule has 4 nitrogen and oxygen atoms in total. The Balaban J connectivity index is 1.46. The van der Waals surface area contributed by atoms with Crippen molar-refractivity contribution in [2.45, 2.75) is 0 Å². The summed E-state index contributed by atoms with van der Waals surface area (Å²) in [5.74, 6) is 0. The lowest BCUT2D eigenvalue weighted by molar-refractivity contribution is 0.668. The Hall–Kier alpha value is -6.00. The minimum Gasteiger partial charge on any atom is -0.455 e. The second-order valence-corrected chi connectivity index (χ2v) is 11.3. The maximum absolute atomic E-state index is 6.68. The van der Waals surface area contributed by atoms with Crippen molar-refractivity contribution in [1.82, 2.24) is 9.97 Å². The highest BCUT2D eigenvalue weighted by Crippen LogP contribution is 2.48. The van der Waals surface area contributed by atoms with Crippen LogP contribution in [0.1, 0.15) is 0 Å². The molecule has 10 aromatic rings. The van der Waals surface area contributed by atoms with Crippen molar-refractivity contribution >= 4 is 76.3 Å². The van der Waals surface area contributed by atoms with Gasteiger partial charge in [0.15, 0.2) is 5.58 Å². The lowest BCUT2D eigenvalue weighted by Gasteiger charge is -2.18. The van der Waals surface area contributed by atoms with Gasteiger partial charge in [0.25, 0.3) is 0 Å². The first-order valence-corrected chi connectivity index (χ1v) is 14.7. The van der Waals surface area contributed by atoms with E-state index in [1.54, 1.807) is 0 Å². The van der Waals surface area contributed by atoms with E-state index < -0.39 is 0 Å². The third-order valence-corrected chi connectivity index (χ3v) is 8.96. The zero-order valence-corrected chi connectivity index (χ0v) is 23.4. The van der Waals surface area contributed by atoms with E-state index in [0.29, 0.717) is 0 Å². The van der Waals surface area contributed by atoms with E-state index in [2.05, 4.69) is 96.0 Å². The predicted molar refractivity (Wildman–Crippen MR) is 180 cm³/mol. The second-order valence-electron chi connectivity index (χ2n) is 11.3. The van der Waals surface area contributed by atoms with Gasteiger partial charge in [0, 0.05) is 39.5 Å². The standard InChI is InChI=1S/C40H22N2O2/c1-3-12-27-25(10-1)34(23-19-21-41-22-20-23)26-11-2-4-13-28(26)35(27)38-36-30-14-6-8-16-33(30)43-39(36)31-18-17-29-24-9-5-7-15-32(24)44-40(29)37(31)42-38/h1-22H. The van der Waals surface area contributed by atoms with E-state index in [0.717, 1.165) is 93.1 Å². The van der Waals surface area contributed by atoms with Gasteiger partial charge in [0.1, 0.15) is 22.3 Å². The van der Waals surface area contributed by atoms with E-state index in [1.165, 1.54) is 5.56 Å². The summed E-state index contributed by atoms with van der Waals surface area (Å²) in [6, 6.07) is 42.1. The van der Waals surface area contributed by atoms with E-state index >= 15 is 0 Å². The molecule has 44 heavy (non-hydrogen) atoms. The van der Waals surface area contributed by atoms with E-state index in [9.17, 15) is 0 Å². The van der Waals surface area contributed by atoms with Crippen LogP contribution < -0.4 is 0 Å². The number of hydrogen-bond donors (Lipinski definition) is 0. The van der Waals surface area contributed by atoms with Gasteiger partial charge in [-0.1, -0.05) is 84.9 Å². The molecule has 4 aromatic heterocycles. The molecule has 0 atom stereocenters. The summed E-state index contributed by atoms with van der Waals surface area (Å²) in [6.45, 7) is 0. The molecular weight excluding hydrogens is 540 g/mol. The van der Waals surface area contributed by atoms with Crippen molar-refractivity contribution in [2.75, 3.05) is 0 Å². The topological polar surface area (TPSA) is 52.1 Å². The summed E-state index contributed by atoms with van der Waals surface area (Å²) < 4.78 is 13.2. The van der Waals surface area contributed by atoms with Crippen molar-refractivity contribution in [3.8, 4) is 22.4 Å². The molecule has 204 valence electrons. The highest BCUT2D eigenvalue weighted by Gasteiger charge is 2.24. The average molecular weight is 563 g/mol. The first kappa shape index (κ1) is 23.6. The summed E-state index contributed by atoms with van der Waals surface area (Å²) in [5, 5.41) is 9.71. The van der Waals surface area contributed by atoms with Crippen molar-refractivity contribution in [3.05, 3.63) is 134 Å². The molecule has 10 rings (SSSR count).